The van der Waals surface area contributed by atoms with E-state index in [2.05, 4.69) is 11.1 Å². The molecule has 0 aliphatic carbocycles. The largest absolute Gasteiger partial charge is 0.496 e. The number of rotatable bonds is 4. The number of hydrogen-bond donors (Lipinski definition) is 0. The second-order valence-electron chi connectivity index (χ2n) is 3.80. The van der Waals surface area contributed by atoms with Crippen LogP contribution in [0.4, 0.5) is 0 Å². The number of sulfonamides is 1. The molecule has 0 saturated carbocycles. The second kappa shape index (κ2) is 5.24. The summed E-state index contributed by atoms with van der Waals surface area (Å²) in [6.45, 7) is 3.12. The Kier molecular flexibility index (Phi) is 3.66. The summed E-state index contributed by atoms with van der Waals surface area (Å²) in [5.41, 5.74) is 1.25. The number of methoxy groups -OCH3 is 1. The van der Waals surface area contributed by atoms with Gasteiger partial charge in [-0.25, -0.2) is 0 Å². The summed E-state index contributed by atoms with van der Waals surface area (Å²) in [4.78, 5) is 0.0908. The normalized spacial score (nSPS) is 11.0. The van der Waals surface area contributed by atoms with Crippen LogP contribution in [0.3, 0.4) is 0 Å². The minimum Gasteiger partial charge on any atom is -0.496 e. The summed E-state index contributed by atoms with van der Waals surface area (Å²) in [5.74, 6) is 0.482. The molecule has 0 spiro atoms. The lowest BCUT2D eigenvalue weighted by Crippen LogP contribution is -2.01. The predicted octanol–water partition coefficient (Wildman–Crippen LogP) is 2.75. The average Bonchev–Trinajstić information content (AvgIpc) is 2.47. The van der Waals surface area contributed by atoms with Crippen LogP contribution < -0.4 is 4.74 Å². The van der Waals surface area contributed by atoms with E-state index in [-0.39, 0.29) is 4.90 Å². The summed E-state index contributed by atoms with van der Waals surface area (Å²) in [6, 6.07) is 14.0. The predicted molar refractivity (Wildman–Crippen MR) is 75.2 cm³/mol. The van der Waals surface area contributed by atoms with Crippen LogP contribution in [-0.2, 0) is 10.0 Å². The van der Waals surface area contributed by atoms with E-state index in [9.17, 15) is 8.42 Å². The number of nitrogens with zero attached hydrogens (tertiary/aromatic N) is 1. The van der Waals surface area contributed by atoms with Gasteiger partial charge in [0.2, 0.25) is 0 Å². The molecule has 0 bridgehead atoms. The molecule has 2 rings (SSSR count). The van der Waals surface area contributed by atoms with Crippen LogP contribution in [0.2, 0.25) is 0 Å². The lowest BCUT2D eigenvalue weighted by atomic mass is 10.0. The van der Waals surface area contributed by atoms with Crippen molar-refractivity contribution in [1.82, 2.24) is 0 Å². The maximum Gasteiger partial charge on any atom is 0.282 e. The van der Waals surface area contributed by atoms with E-state index >= 15 is 0 Å². The van der Waals surface area contributed by atoms with Crippen molar-refractivity contribution in [1.29, 1.82) is 0 Å². The van der Waals surface area contributed by atoms with Gasteiger partial charge in [0.05, 0.1) is 7.11 Å². The van der Waals surface area contributed by atoms with E-state index in [1.807, 2.05) is 30.3 Å². The van der Waals surface area contributed by atoms with Gasteiger partial charge in [-0.1, -0.05) is 36.4 Å². The fourth-order valence-electron chi connectivity index (χ4n) is 1.85. The Hall–Kier alpha value is -2.14. The minimum absolute atomic E-state index is 0.0908. The summed E-state index contributed by atoms with van der Waals surface area (Å²) in [5, 5.41) is 0. The molecule has 0 aliphatic heterocycles. The molecule has 4 nitrogen and oxygen atoms in total. The summed E-state index contributed by atoms with van der Waals surface area (Å²) in [6.07, 6.45) is 0. The minimum atomic E-state index is -3.78. The van der Waals surface area contributed by atoms with E-state index < -0.39 is 10.0 Å². The zero-order valence-electron chi connectivity index (χ0n) is 10.4. The van der Waals surface area contributed by atoms with Crippen molar-refractivity contribution in [3.63, 3.8) is 0 Å². The summed E-state index contributed by atoms with van der Waals surface area (Å²) in [7, 11) is -2.28. The van der Waals surface area contributed by atoms with Crippen molar-refractivity contribution >= 4 is 16.7 Å². The highest BCUT2D eigenvalue weighted by molar-refractivity contribution is 7.90. The first-order valence-electron chi connectivity index (χ1n) is 5.55. The molecule has 0 unspecified atom stereocenters. The first kappa shape index (κ1) is 13.3. The Bertz CT molecular complexity index is 694. The van der Waals surface area contributed by atoms with E-state index in [1.54, 1.807) is 12.1 Å². The molecule has 0 heterocycles. The van der Waals surface area contributed by atoms with E-state index in [0.717, 1.165) is 5.56 Å². The molecule has 0 saturated heterocycles. The van der Waals surface area contributed by atoms with E-state index in [0.29, 0.717) is 11.3 Å². The average molecular weight is 275 g/mol. The van der Waals surface area contributed by atoms with Gasteiger partial charge in [0.25, 0.3) is 10.0 Å². The molecule has 0 N–H and O–H groups in total. The van der Waals surface area contributed by atoms with Gasteiger partial charge in [-0.15, -0.1) is 0 Å². The number of ether oxygens (including phenoxy) is 1. The SMILES string of the molecule is C=NS(=O)(=O)c1cccc(OC)c1-c1ccccc1. The van der Waals surface area contributed by atoms with E-state index in [1.165, 1.54) is 13.2 Å². The Morgan fingerprint density at radius 1 is 1.05 bits per heavy atom. The highest BCUT2D eigenvalue weighted by Crippen LogP contribution is 2.36. The van der Waals surface area contributed by atoms with Crippen molar-refractivity contribution in [2.24, 2.45) is 4.40 Å². The maximum absolute atomic E-state index is 12.0. The second-order valence-corrected chi connectivity index (χ2v) is 5.45. The molecule has 19 heavy (non-hydrogen) atoms. The van der Waals surface area contributed by atoms with Crippen LogP contribution in [0, 0.1) is 0 Å². The van der Waals surface area contributed by atoms with Gasteiger partial charge in [-0.2, -0.15) is 12.8 Å². The van der Waals surface area contributed by atoms with Crippen molar-refractivity contribution in [3.8, 4) is 16.9 Å². The van der Waals surface area contributed by atoms with Crippen LogP contribution in [0.25, 0.3) is 11.1 Å². The monoisotopic (exact) mass is 275 g/mol. The number of benzene rings is 2. The van der Waals surface area contributed by atoms with Gasteiger partial charge in [-0.3, -0.25) is 0 Å². The summed E-state index contributed by atoms with van der Waals surface area (Å²) < 4.78 is 32.4. The molecule has 2 aromatic rings. The molecular formula is C14H13NO3S. The molecule has 0 aliphatic rings. The van der Waals surface area contributed by atoms with Gasteiger partial charge in [0.15, 0.2) is 0 Å². The molecule has 0 radical (unpaired) electrons. The lowest BCUT2D eigenvalue weighted by Gasteiger charge is -2.12. The van der Waals surface area contributed by atoms with Crippen molar-refractivity contribution in [2.75, 3.05) is 7.11 Å². The van der Waals surface area contributed by atoms with Crippen molar-refractivity contribution in [2.45, 2.75) is 4.90 Å². The zero-order chi connectivity index (χ0) is 13.9. The maximum atomic E-state index is 12.0. The quantitative estimate of drug-likeness (QED) is 0.806. The van der Waals surface area contributed by atoms with Crippen molar-refractivity contribution < 1.29 is 13.2 Å². The lowest BCUT2D eigenvalue weighted by molar-refractivity contribution is 0.415. The Balaban J connectivity index is 2.81. The van der Waals surface area contributed by atoms with Gasteiger partial charge in [-0.05, 0) is 17.7 Å². The molecule has 0 amide bonds. The third-order valence-electron chi connectivity index (χ3n) is 2.72. The fraction of sp³-hybridized carbons (Fsp3) is 0.0714. The molecule has 0 aromatic heterocycles. The Morgan fingerprint density at radius 2 is 1.74 bits per heavy atom. The molecular weight excluding hydrogens is 262 g/mol. The molecule has 98 valence electrons. The van der Waals surface area contributed by atoms with Crippen LogP contribution >= 0.6 is 0 Å². The number of hydrogen-bond acceptors (Lipinski definition) is 3. The zero-order valence-corrected chi connectivity index (χ0v) is 11.2. The third-order valence-corrected chi connectivity index (χ3v) is 3.95. The van der Waals surface area contributed by atoms with Crippen LogP contribution in [0.1, 0.15) is 0 Å². The smallest absolute Gasteiger partial charge is 0.282 e. The van der Waals surface area contributed by atoms with Gasteiger partial charge in [0, 0.05) is 12.3 Å². The van der Waals surface area contributed by atoms with Crippen LogP contribution in [0.5, 0.6) is 5.75 Å². The van der Waals surface area contributed by atoms with E-state index in [4.69, 9.17) is 4.74 Å². The standard InChI is InChI=1S/C14H13NO3S/c1-15-19(16,17)13-10-6-9-12(18-2)14(13)11-7-4-3-5-8-11/h3-10H,1H2,2H3. The Morgan fingerprint density at radius 3 is 2.32 bits per heavy atom. The van der Waals surface area contributed by atoms with Gasteiger partial charge < -0.3 is 4.74 Å². The molecule has 2 aromatic carbocycles. The third kappa shape index (κ3) is 2.51. The summed E-state index contributed by atoms with van der Waals surface area (Å²) >= 11 is 0. The first-order valence-corrected chi connectivity index (χ1v) is 6.99. The van der Waals surface area contributed by atoms with Crippen molar-refractivity contribution in [3.05, 3.63) is 48.5 Å². The highest BCUT2D eigenvalue weighted by atomic mass is 32.2. The fourth-order valence-corrected chi connectivity index (χ4v) is 2.72. The first-order chi connectivity index (χ1) is 9.10. The topological polar surface area (TPSA) is 55.7 Å². The highest BCUT2D eigenvalue weighted by Gasteiger charge is 2.20. The molecule has 0 fully saturated rings. The Labute approximate surface area is 112 Å². The molecule has 5 heteroatoms. The van der Waals surface area contributed by atoms with Gasteiger partial charge in [0.1, 0.15) is 10.6 Å². The van der Waals surface area contributed by atoms with Gasteiger partial charge >= 0.3 is 0 Å². The van der Waals surface area contributed by atoms with Crippen LogP contribution in [0.15, 0.2) is 57.8 Å². The van der Waals surface area contributed by atoms with Crippen LogP contribution in [-0.4, -0.2) is 22.2 Å². The molecule has 0 atom stereocenters.